The molecule has 0 aliphatic heterocycles. The Morgan fingerprint density at radius 1 is 0.933 bits per heavy atom. The summed E-state index contributed by atoms with van der Waals surface area (Å²) in [5.41, 5.74) is 0. The average Bonchev–Trinajstić information content (AvgIpc) is 1.88. The Kier molecular flexibility index (Phi) is 30.7. The number of hydrogen-bond acceptors (Lipinski definition) is 6. The Morgan fingerprint density at radius 2 is 1.00 bits per heavy atom. The zero-order valence-electron chi connectivity index (χ0n) is 8.15. The minimum absolute atomic E-state index is 0. The number of carboxylic acid groups (broad SMARTS) is 2. The number of hydrogen-bond donors (Lipinski definition) is 2. The Bertz CT molecular complexity index is 139. The predicted octanol–water partition coefficient (Wildman–Crippen LogP) is -5.61. The van der Waals surface area contributed by atoms with E-state index in [9.17, 15) is 19.8 Å². The molecule has 9 heteroatoms. The number of rotatable bonds is 2. The van der Waals surface area contributed by atoms with Gasteiger partial charge in [-0.3, -0.25) is 0 Å². The molecule has 0 aromatic heterocycles. The molecule has 0 radical (unpaired) electrons. The molecule has 0 aromatic carbocycles. The van der Waals surface area contributed by atoms with Crippen LogP contribution in [-0.2, 0) is 37.0 Å². The second kappa shape index (κ2) is 15.7. The van der Waals surface area contributed by atoms with Crippen molar-refractivity contribution >= 4 is 11.9 Å². The number of aliphatic hydroxyl groups is 2. The van der Waals surface area contributed by atoms with Crippen LogP contribution < -0.4 is 10.2 Å². The largest absolute Gasteiger partial charge is 2.00 e. The second-order valence-electron chi connectivity index (χ2n) is 1.99. The second-order valence-corrected chi connectivity index (χ2v) is 1.99. The molecule has 0 heterocycles. The summed E-state index contributed by atoms with van der Waals surface area (Å²) in [4.78, 5) is 18.7. The minimum atomic E-state index is -1.44. The number of carbonyl (C=O) groups is 2. The SMILES string of the molecule is C[C@H](O)C(=O)[O-].C[C@H](O)C(=O)[O-].[Ni+2].[OH3+].[OH3+]. The summed E-state index contributed by atoms with van der Waals surface area (Å²) in [6.07, 6.45) is -2.69. The molecule has 0 unspecified atom stereocenters. The van der Waals surface area contributed by atoms with Gasteiger partial charge in [-0.1, -0.05) is 0 Å². The summed E-state index contributed by atoms with van der Waals surface area (Å²) in [7, 11) is 0. The summed E-state index contributed by atoms with van der Waals surface area (Å²) in [5, 5.41) is 34.6. The number of carboxylic acids is 2. The van der Waals surface area contributed by atoms with Gasteiger partial charge in [0.25, 0.3) is 0 Å². The Balaban J connectivity index is -0.0000000370. The number of aliphatic carboxylic acids is 2. The summed E-state index contributed by atoms with van der Waals surface area (Å²) in [5.74, 6) is -2.87. The predicted molar refractivity (Wildman–Crippen MR) is 43.1 cm³/mol. The zero-order valence-corrected chi connectivity index (χ0v) is 9.14. The summed E-state index contributed by atoms with van der Waals surface area (Å²) < 4.78 is 0. The van der Waals surface area contributed by atoms with Crippen LogP contribution in [0.15, 0.2) is 0 Å². The summed E-state index contributed by atoms with van der Waals surface area (Å²) >= 11 is 0. The molecule has 0 amide bonds. The quantitative estimate of drug-likeness (QED) is 0.373. The van der Waals surface area contributed by atoms with Crippen molar-refractivity contribution in [2.75, 3.05) is 0 Å². The van der Waals surface area contributed by atoms with E-state index in [0.717, 1.165) is 13.8 Å². The maximum Gasteiger partial charge on any atom is 2.00 e. The van der Waals surface area contributed by atoms with E-state index in [1.807, 2.05) is 0 Å². The maximum atomic E-state index is 9.34. The maximum absolute atomic E-state index is 9.34. The molecular formula is C6H16NiO8+2. The van der Waals surface area contributed by atoms with E-state index >= 15 is 0 Å². The van der Waals surface area contributed by atoms with Gasteiger partial charge in [-0.25, -0.2) is 0 Å². The topological polar surface area (TPSA) is 187 Å². The first kappa shape index (κ1) is 29.2. The van der Waals surface area contributed by atoms with Gasteiger partial charge in [0, 0.05) is 0 Å². The zero-order chi connectivity index (χ0) is 10.3. The molecule has 0 rings (SSSR count). The fourth-order valence-corrected chi connectivity index (χ4v) is 0. The molecule has 0 aromatic rings. The molecule has 15 heavy (non-hydrogen) atoms. The van der Waals surface area contributed by atoms with Crippen LogP contribution in [0, 0.1) is 0 Å². The van der Waals surface area contributed by atoms with Gasteiger partial charge < -0.3 is 41.0 Å². The van der Waals surface area contributed by atoms with Crippen molar-refractivity contribution in [3.8, 4) is 0 Å². The van der Waals surface area contributed by atoms with Crippen LogP contribution in [0.2, 0.25) is 0 Å². The van der Waals surface area contributed by atoms with Crippen molar-refractivity contribution in [3.63, 3.8) is 0 Å². The average molecular weight is 275 g/mol. The number of carbonyl (C=O) groups excluding carboxylic acids is 2. The molecule has 0 spiro atoms. The van der Waals surface area contributed by atoms with Gasteiger partial charge in [-0.2, -0.15) is 0 Å². The third-order valence-electron chi connectivity index (χ3n) is 0.682. The number of aliphatic hydroxyl groups excluding tert-OH is 2. The standard InChI is InChI=1S/2C3H6O3.Ni.2H2O/c2*1-2(4)3(5)6;;;/h2*2,4H,1H3,(H,5,6);;2*1H2/q;;+2;;/t2*2-;;;/m00.../s1. The van der Waals surface area contributed by atoms with Crippen LogP contribution in [-0.4, -0.2) is 34.4 Å². The third-order valence-corrected chi connectivity index (χ3v) is 0.682. The van der Waals surface area contributed by atoms with Crippen LogP contribution in [0.4, 0.5) is 0 Å². The fraction of sp³-hybridized carbons (Fsp3) is 0.667. The van der Waals surface area contributed by atoms with Crippen LogP contribution >= 0.6 is 0 Å². The van der Waals surface area contributed by atoms with Crippen molar-refractivity contribution in [2.24, 2.45) is 0 Å². The minimum Gasteiger partial charge on any atom is -0.547 e. The van der Waals surface area contributed by atoms with E-state index in [-0.39, 0.29) is 27.4 Å². The van der Waals surface area contributed by atoms with E-state index < -0.39 is 24.1 Å². The summed E-state index contributed by atoms with van der Waals surface area (Å²) in [6, 6.07) is 0. The normalized spacial score (nSPS) is 10.9. The molecule has 0 saturated heterocycles. The van der Waals surface area contributed by atoms with Crippen LogP contribution in [0.25, 0.3) is 0 Å². The molecule has 96 valence electrons. The van der Waals surface area contributed by atoms with Gasteiger partial charge >= 0.3 is 16.5 Å². The molecule has 0 fully saturated rings. The molecule has 0 bridgehead atoms. The van der Waals surface area contributed by atoms with E-state index in [1.54, 1.807) is 0 Å². The molecule has 8 nitrogen and oxygen atoms in total. The van der Waals surface area contributed by atoms with Crippen molar-refractivity contribution in [3.05, 3.63) is 0 Å². The monoisotopic (exact) mass is 274 g/mol. The van der Waals surface area contributed by atoms with Gasteiger partial charge in [0.2, 0.25) is 0 Å². The van der Waals surface area contributed by atoms with E-state index in [1.165, 1.54) is 0 Å². The van der Waals surface area contributed by atoms with Gasteiger partial charge in [0.05, 0.1) is 24.1 Å². The van der Waals surface area contributed by atoms with Gasteiger partial charge in [-0.05, 0) is 13.8 Å². The first-order chi connectivity index (χ1) is 5.29. The van der Waals surface area contributed by atoms with Gasteiger partial charge in [-0.15, -0.1) is 0 Å². The molecule has 0 aliphatic carbocycles. The first-order valence-corrected chi connectivity index (χ1v) is 3.06. The van der Waals surface area contributed by atoms with Crippen LogP contribution in [0.1, 0.15) is 13.8 Å². The van der Waals surface area contributed by atoms with Crippen LogP contribution in [0.3, 0.4) is 0 Å². The summed E-state index contributed by atoms with van der Waals surface area (Å²) in [6.45, 7) is 2.27. The van der Waals surface area contributed by atoms with Crippen molar-refractivity contribution in [1.29, 1.82) is 0 Å². The first-order valence-electron chi connectivity index (χ1n) is 3.06. The Morgan fingerprint density at radius 3 is 1.00 bits per heavy atom. The van der Waals surface area contributed by atoms with Gasteiger partial charge in [0.1, 0.15) is 0 Å². The van der Waals surface area contributed by atoms with E-state index in [2.05, 4.69) is 0 Å². The smallest absolute Gasteiger partial charge is 0.547 e. The van der Waals surface area contributed by atoms with E-state index in [0.29, 0.717) is 0 Å². The van der Waals surface area contributed by atoms with Crippen molar-refractivity contribution in [1.82, 2.24) is 0 Å². The Hall–Kier alpha value is -0.726. The van der Waals surface area contributed by atoms with Crippen LogP contribution in [0.5, 0.6) is 0 Å². The van der Waals surface area contributed by atoms with Crippen molar-refractivity contribution < 1.29 is 57.5 Å². The van der Waals surface area contributed by atoms with Gasteiger partial charge in [0.15, 0.2) is 0 Å². The molecular weight excluding hydrogens is 259 g/mol. The van der Waals surface area contributed by atoms with Crippen molar-refractivity contribution in [2.45, 2.75) is 26.1 Å². The fourth-order valence-electron chi connectivity index (χ4n) is 0. The third kappa shape index (κ3) is 31.9. The molecule has 8 N–H and O–H groups in total. The van der Waals surface area contributed by atoms with E-state index in [4.69, 9.17) is 10.2 Å². The molecule has 0 aliphatic rings. The Labute approximate surface area is 96.1 Å². The molecule has 0 saturated carbocycles. The molecule has 2 atom stereocenters.